The lowest BCUT2D eigenvalue weighted by atomic mass is 9.98. The van der Waals surface area contributed by atoms with Crippen LogP contribution in [0, 0.1) is 0 Å². The highest BCUT2D eigenvalue weighted by atomic mass is 79.9. The average Bonchev–Trinajstić information content (AvgIpc) is 2.68. The Bertz CT molecular complexity index is 1090. The molecule has 0 amide bonds. The Balaban J connectivity index is 1.98. The van der Waals surface area contributed by atoms with E-state index in [0.29, 0.717) is 0 Å². The molecule has 0 radical (unpaired) electrons. The zero-order valence-corrected chi connectivity index (χ0v) is 16.4. The summed E-state index contributed by atoms with van der Waals surface area (Å²) < 4.78 is 6.27. The molecule has 2 nitrogen and oxygen atoms in total. The van der Waals surface area contributed by atoms with E-state index in [1.165, 1.54) is 0 Å². The summed E-state index contributed by atoms with van der Waals surface area (Å²) in [6.07, 6.45) is 0. The maximum Gasteiger partial charge on any atom is 0.118 e. The molecule has 4 rings (SSSR count). The first-order valence-corrected chi connectivity index (χ1v) is 9.32. The molecule has 1 heterocycles. The van der Waals surface area contributed by atoms with Crippen molar-refractivity contribution in [2.75, 3.05) is 7.11 Å². The number of nitrogens with zero attached hydrogens (tertiary/aromatic N) is 1. The van der Waals surface area contributed by atoms with Gasteiger partial charge in [0.25, 0.3) is 0 Å². The molecule has 0 aliphatic rings. The van der Waals surface area contributed by atoms with Crippen molar-refractivity contribution in [2.24, 2.45) is 0 Å². The van der Waals surface area contributed by atoms with Crippen molar-refractivity contribution in [3.05, 3.63) is 82.3 Å². The lowest BCUT2D eigenvalue weighted by Gasteiger charge is -2.12. The third-order valence-corrected chi connectivity index (χ3v) is 5.14. The van der Waals surface area contributed by atoms with Crippen LogP contribution in [0.2, 0.25) is 5.02 Å². The Morgan fingerprint density at radius 3 is 2.38 bits per heavy atom. The summed E-state index contributed by atoms with van der Waals surface area (Å²) in [5, 5.41) is 1.78. The highest BCUT2D eigenvalue weighted by Gasteiger charge is 2.12. The summed E-state index contributed by atoms with van der Waals surface area (Å²) >= 11 is 10.1. The van der Waals surface area contributed by atoms with E-state index in [9.17, 15) is 0 Å². The van der Waals surface area contributed by atoms with Gasteiger partial charge in [0.2, 0.25) is 0 Å². The molecule has 0 aliphatic heterocycles. The molecule has 0 atom stereocenters. The van der Waals surface area contributed by atoms with Crippen molar-refractivity contribution in [2.45, 2.75) is 0 Å². The molecular weight excluding hydrogens is 410 g/mol. The highest BCUT2D eigenvalue weighted by Crippen LogP contribution is 2.36. The van der Waals surface area contributed by atoms with Crippen molar-refractivity contribution in [1.82, 2.24) is 4.98 Å². The summed E-state index contributed by atoms with van der Waals surface area (Å²) in [5.41, 5.74) is 4.92. The van der Waals surface area contributed by atoms with Crippen molar-refractivity contribution in [1.29, 1.82) is 0 Å². The second kappa shape index (κ2) is 7.10. The molecule has 1 aromatic heterocycles. The van der Waals surface area contributed by atoms with Gasteiger partial charge in [-0.25, -0.2) is 4.98 Å². The fourth-order valence-electron chi connectivity index (χ4n) is 3.01. The van der Waals surface area contributed by atoms with E-state index >= 15 is 0 Å². The van der Waals surface area contributed by atoms with Gasteiger partial charge in [0.05, 0.1) is 18.3 Å². The maximum absolute atomic E-state index is 6.49. The molecule has 4 aromatic rings. The van der Waals surface area contributed by atoms with Gasteiger partial charge in [-0.15, -0.1) is 0 Å². The predicted octanol–water partition coefficient (Wildman–Crippen LogP) is 6.99. The SMILES string of the molecule is COc1ccc(-c2cc(-c3ccccc3Cl)c3cc(Br)ccc3n2)cc1. The van der Waals surface area contributed by atoms with Crippen LogP contribution >= 0.6 is 27.5 Å². The summed E-state index contributed by atoms with van der Waals surface area (Å²) in [7, 11) is 1.66. The van der Waals surface area contributed by atoms with Crippen LogP contribution in [-0.2, 0) is 0 Å². The van der Waals surface area contributed by atoms with E-state index < -0.39 is 0 Å². The van der Waals surface area contributed by atoms with Crippen LogP contribution in [0.25, 0.3) is 33.3 Å². The van der Waals surface area contributed by atoms with E-state index in [4.69, 9.17) is 21.3 Å². The third kappa shape index (κ3) is 3.20. The molecule has 0 saturated carbocycles. The van der Waals surface area contributed by atoms with Crippen molar-refractivity contribution in [3.8, 4) is 28.1 Å². The Morgan fingerprint density at radius 2 is 1.65 bits per heavy atom. The Morgan fingerprint density at radius 1 is 0.885 bits per heavy atom. The number of hydrogen-bond acceptors (Lipinski definition) is 2. The number of halogens is 2. The van der Waals surface area contributed by atoms with Gasteiger partial charge in [0.15, 0.2) is 0 Å². The summed E-state index contributed by atoms with van der Waals surface area (Å²) in [6, 6.07) is 24.0. The van der Waals surface area contributed by atoms with E-state index in [2.05, 4.69) is 28.1 Å². The number of aromatic nitrogens is 1. The first kappa shape index (κ1) is 17.1. The fraction of sp³-hybridized carbons (Fsp3) is 0.0455. The Kier molecular flexibility index (Phi) is 4.66. The van der Waals surface area contributed by atoms with Crippen LogP contribution < -0.4 is 4.74 Å². The molecule has 0 N–H and O–H groups in total. The van der Waals surface area contributed by atoms with Crippen molar-refractivity contribution < 1.29 is 4.74 Å². The van der Waals surface area contributed by atoms with Crippen LogP contribution in [0.15, 0.2) is 77.3 Å². The summed E-state index contributed by atoms with van der Waals surface area (Å²) in [4.78, 5) is 4.85. The summed E-state index contributed by atoms with van der Waals surface area (Å²) in [5.74, 6) is 0.824. The molecule has 0 aliphatic carbocycles. The molecule has 0 bridgehead atoms. The Hall–Kier alpha value is -2.36. The van der Waals surface area contributed by atoms with Gasteiger partial charge >= 0.3 is 0 Å². The molecular formula is C22H15BrClNO. The van der Waals surface area contributed by atoms with Gasteiger partial charge in [0.1, 0.15) is 5.75 Å². The van der Waals surface area contributed by atoms with E-state index in [1.54, 1.807) is 7.11 Å². The Labute approximate surface area is 165 Å². The molecule has 3 aromatic carbocycles. The first-order valence-electron chi connectivity index (χ1n) is 8.15. The number of rotatable bonds is 3. The monoisotopic (exact) mass is 423 g/mol. The normalized spacial score (nSPS) is 10.9. The van der Waals surface area contributed by atoms with Crippen LogP contribution in [-0.4, -0.2) is 12.1 Å². The van der Waals surface area contributed by atoms with Crippen LogP contribution in [0.1, 0.15) is 0 Å². The topological polar surface area (TPSA) is 22.1 Å². The van der Waals surface area contributed by atoms with Gasteiger partial charge in [-0.2, -0.15) is 0 Å². The van der Waals surface area contributed by atoms with E-state index in [0.717, 1.165) is 48.5 Å². The molecule has 26 heavy (non-hydrogen) atoms. The number of hydrogen-bond donors (Lipinski definition) is 0. The maximum atomic E-state index is 6.49. The highest BCUT2D eigenvalue weighted by molar-refractivity contribution is 9.10. The van der Waals surface area contributed by atoms with E-state index in [1.807, 2.05) is 60.7 Å². The predicted molar refractivity (Wildman–Crippen MR) is 112 cm³/mol. The molecule has 0 spiro atoms. The molecule has 128 valence electrons. The third-order valence-electron chi connectivity index (χ3n) is 4.32. The lowest BCUT2D eigenvalue weighted by Crippen LogP contribution is -1.91. The molecule has 0 saturated heterocycles. The largest absolute Gasteiger partial charge is 0.497 e. The van der Waals surface area contributed by atoms with Crippen LogP contribution in [0.5, 0.6) is 5.75 Å². The van der Waals surface area contributed by atoms with E-state index in [-0.39, 0.29) is 0 Å². The van der Waals surface area contributed by atoms with Crippen LogP contribution in [0.3, 0.4) is 0 Å². The smallest absolute Gasteiger partial charge is 0.118 e. The quantitative estimate of drug-likeness (QED) is 0.353. The summed E-state index contributed by atoms with van der Waals surface area (Å²) in [6.45, 7) is 0. The van der Waals surface area contributed by atoms with Crippen molar-refractivity contribution >= 4 is 38.4 Å². The number of pyridine rings is 1. The first-order chi connectivity index (χ1) is 12.7. The number of fused-ring (bicyclic) bond motifs is 1. The zero-order valence-electron chi connectivity index (χ0n) is 14.0. The molecule has 4 heteroatoms. The lowest BCUT2D eigenvalue weighted by molar-refractivity contribution is 0.415. The van der Waals surface area contributed by atoms with Gasteiger partial charge in [0, 0.05) is 26.0 Å². The minimum Gasteiger partial charge on any atom is -0.497 e. The number of methoxy groups -OCH3 is 1. The fourth-order valence-corrected chi connectivity index (χ4v) is 3.61. The minimum atomic E-state index is 0.723. The van der Waals surface area contributed by atoms with Gasteiger partial charge in [-0.1, -0.05) is 45.7 Å². The van der Waals surface area contributed by atoms with Gasteiger partial charge in [-0.05, 0) is 60.2 Å². The number of ether oxygens (including phenoxy) is 1. The standard InChI is InChI=1S/C22H15BrClNO/c1-26-16-9-6-14(7-10-16)22-13-18(17-4-2-3-5-20(17)24)19-12-15(23)8-11-21(19)25-22/h2-13H,1H3. The van der Waals surface area contributed by atoms with Crippen molar-refractivity contribution in [3.63, 3.8) is 0 Å². The molecule has 0 unspecified atom stereocenters. The van der Waals surface area contributed by atoms with Gasteiger partial charge in [-0.3, -0.25) is 0 Å². The second-order valence-corrected chi connectivity index (χ2v) is 7.25. The molecule has 0 fully saturated rings. The minimum absolute atomic E-state index is 0.723. The average molecular weight is 425 g/mol. The van der Waals surface area contributed by atoms with Crippen LogP contribution in [0.4, 0.5) is 0 Å². The van der Waals surface area contributed by atoms with Gasteiger partial charge < -0.3 is 4.74 Å². The zero-order chi connectivity index (χ0) is 18.1. The second-order valence-electron chi connectivity index (χ2n) is 5.92. The number of benzene rings is 3.